The summed E-state index contributed by atoms with van der Waals surface area (Å²) in [4.78, 5) is 30.4. The van der Waals surface area contributed by atoms with E-state index in [9.17, 15) is 9.59 Å². The Balaban J connectivity index is 1.22. The molecule has 0 spiro atoms. The van der Waals surface area contributed by atoms with Gasteiger partial charge in [0.2, 0.25) is 11.8 Å². The number of thiazole rings is 1. The molecule has 0 aliphatic heterocycles. The number of aromatic nitrogens is 1. The number of amides is 2. The molecule has 0 unspecified atom stereocenters. The van der Waals surface area contributed by atoms with Crippen molar-refractivity contribution in [1.82, 2.24) is 10.3 Å². The number of fused-ring (bicyclic) bond motifs is 1. The van der Waals surface area contributed by atoms with Gasteiger partial charge in [0.05, 0.1) is 22.7 Å². The Morgan fingerprint density at radius 2 is 1.47 bits per heavy atom. The Labute approximate surface area is 213 Å². The van der Waals surface area contributed by atoms with Crippen LogP contribution in [0.2, 0.25) is 0 Å². The molecule has 0 aliphatic carbocycles. The van der Waals surface area contributed by atoms with Gasteiger partial charge in [0.15, 0.2) is 0 Å². The normalized spacial score (nSPS) is 10.9. The summed E-state index contributed by atoms with van der Waals surface area (Å²) in [7, 11) is 0. The number of nitrogens with one attached hydrogen (secondary N) is 2. The Hall–Kier alpha value is -4.29. The maximum Gasteiger partial charge on any atom is 0.243 e. The number of benzene rings is 4. The second-order valence-corrected chi connectivity index (χ2v) is 9.62. The van der Waals surface area contributed by atoms with E-state index >= 15 is 0 Å². The molecule has 0 atom stereocenters. The molecule has 1 aromatic heterocycles. The second kappa shape index (κ2) is 10.5. The predicted molar refractivity (Wildman–Crippen MR) is 146 cm³/mol. The highest BCUT2D eigenvalue weighted by atomic mass is 32.1. The van der Waals surface area contributed by atoms with Crippen molar-refractivity contribution in [3.63, 3.8) is 0 Å². The molecule has 36 heavy (non-hydrogen) atoms. The Bertz CT molecular complexity index is 1460. The van der Waals surface area contributed by atoms with Crippen LogP contribution in [0.1, 0.15) is 22.6 Å². The maximum atomic E-state index is 13.1. The summed E-state index contributed by atoms with van der Waals surface area (Å²) < 4.78 is 1.16. The third-order valence-corrected chi connectivity index (χ3v) is 6.98. The molecule has 5 aromatic rings. The van der Waals surface area contributed by atoms with Crippen LogP contribution in [0.15, 0.2) is 103 Å². The summed E-state index contributed by atoms with van der Waals surface area (Å²) in [5, 5.41) is 6.59. The molecule has 2 N–H and O–H groups in total. The fourth-order valence-electron chi connectivity index (χ4n) is 4.11. The minimum absolute atomic E-state index is 0.117. The van der Waals surface area contributed by atoms with E-state index < -0.39 is 5.92 Å². The molecular formula is C30H25N3O2S. The van der Waals surface area contributed by atoms with Gasteiger partial charge in [0.1, 0.15) is 5.01 Å². The van der Waals surface area contributed by atoms with Gasteiger partial charge in [-0.15, -0.1) is 11.3 Å². The van der Waals surface area contributed by atoms with Gasteiger partial charge in [-0.25, -0.2) is 4.98 Å². The van der Waals surface area contributed by atoms with E-state index in [0.29, 0.717) is 5.69 Å². The first kappa shape index (κ1) is 23.5. The molecule has 1 heterocycles. The zero-order valence-electron chi connectivity index (χ0n) is 19.8. The Kier molecular flexibility index (Phi) is 6.87. The Morgan fingerprint density at radius 1 is 0.833 bits per heavy atom. The lowest BCUT2D eigenvalue weighted by Gasteiger charge is -2.18. The van der Waals surface area contributed by atoms with Gasteiger partial charge >= 0.3 is 0 Å². The van der Waals surface area contributed by atoms with Gasteiger partial charge in [0.25, 0.3) is 0 Å². The topological polar surface area (TPSA) is 71.1 Å². The monoisotopic (exact) mass is 491 g/mol. The van der Waals surface area contributed by atoms with E-state index in [1.807, 2.05) is 91.0 Å². The molecule has 0 saturated heterocycles. The van der Waals surface area contributed by atoms with Gasteiger partial charge in [0, 0.05) is 11.3 Å². The lowest BCUT2D eigenvalue weighted by Crippen LogP contribution is -2.36. The van der Waals surface area contributed by atoms with Crippen molar-refractivity contribution in [1.29, 1.82) is 0 Å². The lowest BCUT2D eigenvalue weighted by atomic mass is 9.90. The number of rotatable bonds is 7. The second-order valence-electron chi connectivity index (χ2n) is 8.59. The summed E-state index contributed by atoms with van der Waals surface area (Å²) in [6.45, 7) is 1.95. The molecule has 5 rings (SSSR count). The summed E-state index contributed by atoms with van der Waals surface area (Å²) in [5.74, 6) is -0.993. The molecule has 0 bridgehead atoms. The maximum absolute atomic E-state index is 13.1. The van der Waals surface area contributed by atoms with Gasteiger partial charge < -0.3 is 10.6 Å². The molecule has 4 aromatic carbocycles. The molecule has 2 amide bonds. The fourth-order valence-corrected chi connectivity index (χ4v) is 5.18. The zero-order chi connectivity index (χ0) is 24.9. The van der Waals surface area contributed by atoms with Crippen LogP contribution >= 0.6 is 11.3 Å². The first-order chi connectivity index (χ1) is 17.6. The van der Waals surface area contributed by atoms with Crippen LogP contribution in [-0.2, 0) is 9.59 Å². The van der Waals surface area contributed by atoms with Crippen molar-refractivity contribution in [3.8, 4) is 10.6 Å². The molecule has 0 fully saturated rings. The minimum Gasteiger partial charge on any atom is -0.346 e. The quantitative estimate of drug-likeness (QED) is 0.286. The summed E-state index contributed by atoms with van der Waals surface area (Å²) in [6.07, 6.45) is 0. The van der Waals surface area contributed by atoms with Crippen molar-refractivity contribution in [2.24, 2.45) is 0 Å². The van der Waals surface area contributed by atoms with Crippen molar-refractivity contribution >= 4 is 39.1 Å². The molecule has 0 aliphatic rings. The van der Waals surface area contributed by atoms with E-state index in [1.165, 1.54) is 5.56 Å². The van der Waals surface area contributed by atoms with Crippen molar-refractivity contribution < 1.29 is 9.59 Å². The molecule has 0 radical (unpaired) electrons. The van der Waals surface area contributed by atoms with Gasteiger partial charge in [-0.1, -0.05) is 66.7 Å². The highest BCUT2D eigenvalue weighted by molar-refractivity contribution is 7.21. The van der Waals surface area contributed by atoms with Crippen molar-refractivity contribution in [3.05, 3.63) is 120 Å². The van der Waals surface area contributed by atoms with Crippen LogP contribution in [0.4, 0.5) is 5.69 Å². The number of carbonyl (C=O) groups excluding carboxylic acids is 2. The average molecular weight is 492 g/mol. The van der Waals surface area contributed by atoms with Crippen LogP contribution < -0.4 is 10.6 Å². The van der Waals surface area contributed by atoms with E-state index in [2.05, 4.69) is 29.7 Å². The average Bonchev–Trinajstić information content (AvgIpc) is 3.32. The molecular weight excluding hydrogens is 466 g/mol. The van der Waals surface area contributed by atoms with E-state index in [-0.39, 0.29) is 18.4 Å². The molecule has 6 heteroatoms. The molecule has 0 saturated carbocycles. The Morgan fingerprint density at radius 3 is 2.11 bits per heavy atom. The van der Waals surface area contributed by atoms with E-state index in [1.54, 1.807) is 11.3 Å². The summed E-state index contributed by atoms with van der Waals surface area (Å²) >= 11 is 1.65. The van der Waals surface area contributed by atoms with Gasteiger partial charge in [-0.05, 0) is 60.0 Å². The number of anilines is 1. The minimum atomic E-state index is -0.489. The van der Waals surface area contributed by atoms with Crippen LogP contribution in [0, 0.1) is 6.92 Å². The fraction of sp³-hybridized carbons (Fsp3) is 0.100. The lowest BCUT2D eigenvalue weighted by molar-refractivity contribution is -0.124. The predicted octanol–water partition coefficient (Wildman–Crippen LogP) is 6.16. The standard InChI is InChI=1S/C30H25N3O2S/c1-20-12-17-25-26(18-20)36-30(33-25)23-13-15-24(16-14-23)32-27(34)19-31-29(35)28(21-8-4-2-5-9-21)22-10-6-3-7-11-22/h2-18,28H,19H2,1H3,(H,31,35)(H,32,34). The smallest absolute Gasteiger partial charge is 0.243 e. The number of carbonyl (C=O) groups is 2. The summed E-state index contributed by atoms with van der Waals surface area (Å²) in [5.41, 5.74) is 5.61. The third kappa shape index (κ3) is 5.34. The number of nitrogens with zero attached hydrogens (tertiary/aromatic N) is 1. The van der Waals surface area contributed by atoms with E-state index in [0.717, 1.165) is 31.9 Å². The van der Waals surface area contributed by atoms with Crippen LogP contribution in [0.25, 0.3) is 20.8 Å². The summed E-state index contributed by atoms with van der Waals surface area (Å²) in [6, 6.07) is 33.0. The number of hydrogen-bond acceptors (Lipinski definition) is 4. The largest absolute Gasteiger partial charge is 0.346 e. The van der Waals surface area contributed by atoms with Crippen LogP contribution in [0.5, 0.6) is 0 Å². The highest BCUT2D eigenvalue weighted by Gasteiger charge is 2.22. The van der Waals surface area contributed by atoms with Crippen LogP contribution in [0.3, 0.4) is 0 Å². The molecule has 178 valence electrons. The molecule has 5 nitrogen and oxygen atoms in total. The van der Waals surface area contributed by atoms with Crippen molar-refractivity contribution in [2.45, 2.75) is 12.8 Å². The van der Waals surface area contributed by atoms with Crippen molar-refractivity contribution in [2.75, 3.05) is 11.9 Å². The van der Waals surface area contributed by atoms with Crippen LogP contribution in [-0.4, -0.2) is 23.3 Å². The first-order valence-corrected chi connectivity index (χ1v) is 12.5. The van der Waals surface area contributed by atoms with E-state index in [4.69, 9.17) is 4.98 Å². The van der Waals surface area contributed by atoms with Gasteiger partial charge in [-0.2, -0.15) is 0 Å². The van der Waals surface area contributed by atoms with Gasteiger partial charge in [-0.3, -0.25) is 9.59 Å². The zero-order valence-corrected chi connectivity index (χ0v) is 20.6. The number of hydrogen-bond donors (Lipinski definition) is 2. The SMILES string of the molecule is Cc1ccc2nc(-c3ccc(NC(=O)CNC(=O)C(c4ccccc4)c4ccccc4)cc3)sc2c1. The highest BCUT2D eigenvalue weighted by Crippen LogP contribution is 2.31. The number of aryl methyl sites for hydroxylation is 1. The third-order valence-electron chi connectivity index (χ3n) is 5.91. The first-order valence-electron chi connectivity index (χ1n) is 11.7.